The third-order valence-corrected chi connectivity index (χ3v) is 4.40. The molecular formula is C18H20N2O4. The molecule has 1 fully saturated rings. The van der Waals surface area contributed by atoms with Crippen molar-refractivity contribution in [2.75, 3.05) is 13.1 Å². The molecule has 6 nitrogen and oxygen atoms in total. The standard InChI is InChI=1S/C18H20N2O4/c1-2-14-15(16(19-24-14)12-7-4-3-5-8-12)17(21)20-10-6-9-13(11-20)18(22)23/h3-5,7-8,13H,2,6,9-11H2,1H3,(H,22,23). The van der Waals surface area contributed by atoms with E-state index in [-0.39, 0.29) is 12.5 Å². The molecule has 0 aliphatic carbocycles. The van der Waals surface area contributed by atoms with E-state index < -0.39 is 11.9 Å². The molecule has 0 bridgehead atoms. The minimum Gasteiger partial charge on any atom is -0.481 e. The summed E-state index contributed by atoms with van der Waals surface area (Å²) in [5, 5.41) is 13.3. The fraction of sp³-hybridized carbons (Fsp3) is 0.389. The molecule has 0 spiro atoms. The predicted molar refractivity (Wildman–Crippen MR) is 87.6 cm³/mol. The minimum absolute atomic E-state index is 0.196. The van der Waals surface area contributed by atoms with Crippen LogP contribution in [0.1, 0.15) is 35.9 Å². The molecule has 1 aliphatic heterocycles. The number of carbonyl (C=O) groups is 2. The minimum atomic E-state index is -0.850. The molecule has 1 saturated heterocycles. The van der Waals surface area contributed by atoms with Gasteiger partial charge in [-0.1, -0.05) is 42.4 Å². The second-order valence-corrected chi connectivity index (χ2v) is 5.98. The zero-order valence-electron chi connectivity index (χ0n) is 13.6. The van der Waals surface area contributed by atoms with Gasteiger partial charge in [0.1, 0.15) is 17.0 Å². The van der Waals surface area contributed by atoms with Crippen molar-refractivity contribution in [2.24, 2.45) is 5.92 Å². The van der Waals surface area contributed by atoms with E-state index in [1.165, 1.54) is 0 Å². The number of likely N-dealkylation sites (tertiary alicyclic amines) is 1. The van der Waals surface area contributed by atoms with Crippen molar-refractivity contribution in [1.82, 2.24) is 10.1 Å². The number of hydrogen-bond donors (Lipinski definition) is 1. The van der Waals surface area contributed by atoms with Gasteiger partial charge >= 0.3 is 5.97 Å². The highest BCUT2D eigenvalue weighted by molar-refractivity contribution is 6.01. The largest absolute Gasteiger partial charge is 0.481 e. The lowest BCUT2D eigenvalue weighted by atomic mass is 9.96. The molecule has 1 aromatic carbocycles. The second kappa shape index (κ2) is 6.86. The summed E-state index contributed by atoms with van der Waals surface area (Å²) in [7, 11) is 0. The Morgan fingerprint density at radius 1 is 1.33 bits per heavy atom. The van der Waals surface area contributed by atoms with Crippen molar-refractivity contribution in [3.63, 3.8) is 0 Å². The highest BCUT2D eigenvalue weighted by Gasteiger charge is 2.32. The first kappa shape index (κ1) is 16.2. The predicted octanol–water partition coefficient (Wildman–Crippen LogP) is 2.84. The maximum absolute atomic E-state index is 13.0. The van der Waals surface area contributed by atoms with E-state index >= 15 is 0 Å². The maximum Gasteiger partial charge on any atom is 0.308 e. The van der Waals surface area contributed by atoms with Crippen LogP contribution >= 0.6 is 0 Å². The van der Waals surface area contributed by atoms with E-state index in [2.05, 4.69) is 5.16 Å². The SMILES string of the molecule is CCc1onc(-c2ccccc2)c1C(=O)N1CCCC(C(=O)O)C1. The number of hydrogen-bond acceptors (Lipinski definition) is 4. The molecule has 1 aromatic heterocycles. The maximum atomic E-state index is 13.0. The number of aliphatic carboxylic acids is 1. The number of amides is 1. The number of piperidine rings is 1. The van der Waals surface area contributed by atoms with E-state index in [4.69, 9.17) is 4.52 Å². The normalized spacial score (nSPS) is 17.7. The molecule has 3 rings (SSSR count). The number of carboxylic acid groups (broad SMARTS) is 1. The number of carboxylic acids is 1. The van der Waals surface area contributed by atoms with Crippen LogP contribution < -0.4 is 0 Å². The Kier molecular flexibility index (Phi) is 4.64. The molecule has 1 aliphatic rings. The molecule has 1 amide bonds. The molecule has 0 radical (unpaired) electrons. The zero-order chi connectivity index (χ0) is 17.1. The molecule has 0 saturated carbocycles. The first-order valence-corrected chi connectivity index (χ1v) is 8.17. The van der Waals surface area contributed by atoms with Crippen molar-refractivity contribution in [1.29, 1.82) is 0 Å². The number of benzene rings is 1. The highest BCUT2D eigenvalue weighted by atomic mass is 16.5. The Morgan fingerprint density at radius 3 is 2.75 bits per heavy atom. The summed E-state index contributed by atoms with van der Waals surface area (Å²) >= 11 is 0. The number of aryl methyl sites for hydroxylation is 1. The van der Waals surface area contributed by atoms with Gasteiger partial charge in [0.2, 0.25) is 0 Å². The summed E-state index contributed by atoms with van der Waals surface area (Å²) in [5.41, 5.74) is 1.79. The lowest BCUT2D eigenvalue weighted by molar-refractivity contribution is -0.143. The van der Waals surface area contributed by atoms with Gasteiger partial charge in [0, 0.05) is 25.1 Å². The average molecular weight is 328 g/mol. The van der Waals surface area contributed by atoms with Crippen LogP contribution in [-0.4, -0.2) is 40.1 Å². The van der Waals surface area contributed by atoms with Gasteiger partial charge < -0.3 is 14.5 Å². The van der Waals surface area contributed by atoms with Crippen LogP contribution in [0.2, 0.25) is 0 Å². The molecule has 1 N–H and O–H groups in total. The molecular weight excluding hydrogens is 308 g/mol. The van der Waals surface area contributed by atoms with Crippen molar-refractivity contribution < 1.29 is 19.2 Å². The Balaban J connectivity index is 1.94. The van der Waals surface area contributed by atoms with Crippen molar-refractivity contribution >= 4 is 11.9 Å². The summed E-state index contributed by atoms with van der Waals surface area (Å²) < 4.78 is 5.37. The molecule has 6 heteroatoms. The summed E-state index contributed by atoms with van der Waals surface area (Å²) in [4.78, 5) is 25.9. The van der Waals surface area contributed by atoms with Crippen LogP contribution in [-0.2, 0) is 11.2 Å². The lowest BCUT2D eigenvalue weighted by Crippen LogP contribution is -2.42. The molecule has 24 heavy (non-hydrogen) atoms. The van der Waals surface area contributed by atoms with Gasteiger partial charge in [0.15, 0.2) is 0 Å². The summed E-state index contributed by atoms with van der Waals surface area (Å²) in [6.45, 7) is 2.70. The summed E-state index contributed by atoms with van der Waals surface area (Å²) in [6, 6.07) is 9.42. The van der Waals surface area contributed by atoms with Crippen molar-refractivity contribution in [2.45, 2.75) is 26.2 Å². The fourth-order valence-electron chi connectivity index (χ4n) is 3.10. The van der Waals surface area contributed by atoms with Gasteiger partial charge in [-0.2, -0.15) is 0 Å². The molecule has 1 atom stereocenters. The smallest absolute Gasteiger partial charge is 0.308 e. The van der Waals surface area contributed by atoms with E-state index in [0.29, 0.717) is 42.8 Å². The number of aromatic nitrogens is 1. The van der Waals surface area contributed by atoms with Gasteiger partial charge in [-0.15, -0.1) is 0 Å². The average Bonchev–Trinajstić information content (AvgIpc) is 3.06. The van der Waals surface area contributed by atoms with Crippen molar-refractivity contribution in [3.05, 3.63) is 41.7 Å². The van der Waals surface area contributed by atoms with Crippen molar-refractivity contribution in [3.8, 4) is 11.3 Å². The topological polar surface area (TPSA) is 83.6 Å². The summed E-state index contributed by atoms with van der Waals surface area (Å²) in [5.74, 6) is -1.01. The Bertz CT molecular complexity index is 739. The summed E-state index contributed by atoms with van der Waals surface area (Å²) in [6.07, 6.45) is 1.85. The van der Waals surface area contributed by atoms with Crippen LogP contribution in [0, 0.1) is 5.92 Å². The van der Waals surface area contributed by atoms with Crippen LogP contribution in [0.15, 0.2) is 34.9 Å². The molecule has 1 unspecified atom stereocenters. The van der Waals surface area contributed by atoms with E-state index in [0.717, 1.165) is 5.56 Å². The monoisotopic (exact) mass is 328 g/mol. The van der Waals surface area contributed by atoms with Crippen LogP contribution in [0.3, 0.4) is 0 Å². The van der Waals surface area contributed by atoms with E-state index in [1.807, 2.05) is 37.3 Å². The molecule has 126 valence electrons. The second-order valence-electron chi connectivity index (χ2n) is 5.98. The van der Waals surface area contributed by atoms with E-state index in [9.17, 15) is 14.7 Å². The Hall–Kier alpha value is -2.63. The van der Waals surface area contributed by atoms with Crippen LogP contribution in [0.25, 0.3) is 11.3 Å². The van der Waals surface area contributed by atoms with Gasteiger partial charge in [-0.05, 0) is 12.8 Å². The van der Waals surface area contributed by atoms with Gasteiger partial charge in [0.05, 0.1) is 5.92 Å². The van der Waals surface area contributed by atoms with Gasteiger partial charge in [-0.3, -0.25) is 9.59 Å². The fourth-order valence-corrected chi connectivity index (χ4v) is 3.10. The number of carbonyl (C=O) groups excluding carboxylic acids is 1. The number of rotatable bonds is 4. The number of nitrogens with zero attached hydrogens (tertiary/aromatic N) is 2. The quantitative estimate of drug-likeness (QED) is 0.933. The third kappa shape index (κ3) is 3.04. The van der Waals surface area contributed by atoms with Gasteiger partial charge in [-0.25, -0.2) is 0 Å². The third-order valence-electron chi connectivity index (χ3n) is 4.40. The molecule has 2 aromatic rings. The first-order chi connectivity index (χ1) is 11.6. The Labute approximate surface area is 140 Å². The van der Waals surface area contributed by atoms with Crippen LogP contribution in [0.4, 0.5) is 0 Å². The van der Waals surface area contributed by atoms with Gasteiger partial charge in [0.25, 0.3) is 5.91 Å². The Morgan fingerprint density at radius 2 is 2.08 bits per heavy atom. The van der Waals surface area contributed by atoms with Crippen LogP contribution in [0.5, 0.6) is 0 Å². The highest BCUT2D eigenvalue weighted by Crippen LogP contribution is 2.28. The zero-order valence-corrected chi connectivity index (χ0v) is 13.6. The first-order valence-electron chi connectivity index (χ1n) is 8.17. The lowest BCUT2D eigenvalue weighted by Gasteiger charge is -2.30. The molecule has 2 heterocycles. The van der Waals surface area contributed by atoms with E-state index in [1.54, 1.807) is 4.90 Å².